The third-order valence-electron chi connectivity index (χ3n) is 3.29. The van der Waals surface area contributed by atoms with Crippen molar-refractivity contribution in [3.8, 4) is 0 Å². The number of hydrogen-bond acceptors (Lipinski definition) is 8. The quantitative estimate of drug-likeness (QED) is 0.275. The number of esters is 4. The van der Waals surface area contributed by atoms with E-state index in [0.717, 1.165) is 0 Å². The average Bonchev–Trinajstić information content (AvgIpc) is 2.68. The molecule has 29 heavy (non-hydrogen) atoms. The Labute approximate surface area is 170 Å². The first-order valence-corrected chi connectivity index (χ1v) is 9.00. The fourth-order valence-corrected chi connectivity index (χ4v) is 1.88. The molecule has 0 N–H and O–H groups in total. The maximum Gasteiger partial charge on any atom is 0.330 e. The fourth-order valence-electron chi connectivity index (χ4n) is 1.88. The van der Waals surface area contributed by atoms with Crippen LogP contribution in [0.5, 0.6) is 0 Å². The first-order valence-electron chi connectivity index (χ1n) is 9.00. The average molecular weight is 408 g/mol. The van der Waals surface area contributed by atoms with Crippen LogP contribution in [0, 0.1) is 5.41 Å². The van der Waals surface area contributed by atoms with E-state index in [1.54, 1.807) is 27.7 Å². The molecule has 0 radical (unpaired) electrons. The molecular weight excluding hydrogens is 380 g/mol. The van der Waals surface area contributed by atoms with Crippen LogP contribution in [-0.4, -0.2) is 50.3 Å². The number of carbonyl (C=O) groups excluding carboxylic acids is 4. The molecule has 0 aliphatic heterocycles. The third-order valence-corrected chi connectivity index (χ3v) is 3.29. The number of allylic oxidation sites excluding steroid dienone is 4. The lowest BCUT2D eigenvalue weighted by Gasteiger charge is -2.31. The normalized spacial score (nSPS) is 13.7. The van der Waals surface area contributed by atoms with Crippen LogP contribution in [0.15, 0.2) is 48.6 Å². The molecule has 0 saturated carbocycles. The van der Waals surface area contributed by atoms with Crippen molar-refractivity contribution in [3.63, 3.8) is 0 Å². The highest BCUT2D eigenvalue weighted by atomic mass is 16.6. The molecule has 0 amide bonds. The van der Waals surface area contributed by atoms with E-state index in [1.165, 1.54) is 48.6 Å². The van der Waals surface area contributed by atoms with E-state index in [9.17, 15) is 19.2 Å². The molecule has 0 aromatic heterocycles. The minimum Gasteiger partial charge on any atom is -0.462 e. The van der Waals surface area contributed by atoms with Crippen LogP contribution in [0.25, 0.3) is 0 Å². The molecular formula is C21H28O8. The van der Waals surface area contributed by atoms with Gasteiger partial charge in [0.2, 0.25) is 0 Å². The lowest BCUT2D eigenvalue weighted by Crippen LogP contribution is -2.43. The molecule has 0 aromatic carbocycles. The second-order valence-corrected chi connectivity index (χ2v) is 5.93. The Balaban J connectivity index is 5.57. The zero-order valence-corrected chi connectivity index (χ0v) is 17.2. The molecule has 8 heteroatoms. The second-order valence-electron chi connectivity index (χ2n) is 5.93. The van der Waals surface area contributed by atoms with Gasteiger partial charge in [-0.2, -0.15) is 0 Å². The van der Waals surface area contributed by atoms with Gasteiger partial charge in [-0.1, -0.05) is 24.3 Å². The van der Waals surface area contributed by atoms with Crippen molar-refractivity contribution in [1.29, 1.82) is 0 Å². The minimum absolute atomic E-state index is 0.314. The van der Waals surface area contributed by atoms with Crippen molar-refractivity contribution in [2.24, 2.45) is 5.41 Å². The van der Waals surface area contributed by atoms with Gasteiger partial charge in [0.1, 0.15) is 31.8 Å². The van der Waals surface area contributed by atoms with Gasteiger partial charge in [-0.25, -0.2) is 19.2 Å². The minimum atomic E-state index is -1.29. The summed E-state index contributed by atoms with van der Waals surface area (Å²) in [6.45, 7) is 5.32. The van der Waals surface area contributed by atoms with Gasteiger partial charge in [0.25, 0.3) is 0 Å². The van der Waals surface area contributed by atoms with E-state index in [2.05, 4.69) is 0 Å². The molecule has 8 nitrogen and oxygen atoms in total. The van der Waals surface area contributed by atoms with Crippen molar-refractivity contribution in [2.45, 2.75) is 27.7 Å². The predicted octanol–water partition coefficient (Wildman–Crippen LogP) is 2.45. The highest BCUT2D eigenvalue weighted by Crippen LogP contribution is 2.22. The summed E-state index contributed by atoms with van der Waals surface area (Å²) in [5, 5.41) is 0. The Bertz CT molecular complexity index is 553. The number of ether oxygens (including phenoxy) is 4. The van der Waals surface area contributed by atoms with E-state index < -0.39 is 29.3 Å². The van der Waals surface area contributed by atoms with Gasteiger partial charge in [-0.15, -0.1) is 0 Å². The van der Waals surface area contributed by atoms with E-state index in [4.69, 9.17) is 18.9 Å². The monoisotopic (exact) mass is 408 g/mol. The van der Waals surface area contributed by atoms with Gasteiger partial charge < -0.3 is 18.9 Å². The molecule has 0 aliphatic rings. The Morgan fingerprint density at radius 2 is 0.724 bits per heavy atom. The maximum atomic E-state index is 11.7. The Morgan fingerprint density at radius 1 is 0.517 bits per heavy atom. The summed E-state index contributed by atoms with van der Waals surface area (Å²) >= 11 is 0. The summed E-state index contributed by atoms with van der Waals surface area (Å²) in [6, 6.07) is 0. The number of hydrogen-bond donors (Lipinski definition) is 0. The van der Waals surface area contributed by atoms with Crippen LogP contribution in [0.2, 0.25) is 0 Å². The fraction of sp³-hybridized carbons (Fsp3) is 0.429. The lowest BCUT2D eigenvalue weighted by atomic mass is 9.92. The second kappa shape index (κ2) is 14.8. The number of carbonyl (C=O) groups is 4. The summed E-state index contributed by atoms with van der Waals surface area (Å²) in [5.41, 5.74) is -1.29. The van der Waals surface area contributed by atoms with E-state index >= 15 is 0 Å². The molecule has 0 atom stereocenters. The summed E-state index contributed by atoms with van der Waals surface area (Å²) < 4.78 is 20.7. The van der Waals surface area contributed by atoms with Gasteiger partial charge in [-0.05, 0) is 27.7 Å². The van der Waals surface area contributed by atoms with Crippen molar-refractivity contribution < 1.29 is 38.1 Å². The molecule has 0 spiro atoms. The molecule has 0 aromatic rings. The van der Waals surface area contributed by atoms with Gasteiger partial charge >= 0.3 is 23.9 Å². The van der Waals surface area contributed by atoms with Gasteiger partial charge in [0.15, 0.2) is 0 Å². The van der Waals surface area contributed by atoms with Crippen LogP contribution >= 0.6 is 0 Å². The van der Waals surface area contributed by atoms with Crippen LogP contribution in [0.4, 0.5) is 0 Å². The van der Waals surface area contributed by atoms with E-state index in [0.29, 0.717) is 0 Å². The number of rotatable bonds is 12. The molecule has 0 unspecified atom stereocenters. The van der Waals surface area contributed by atoms with Crippen LogP contribution in [0.3, 0.4) is 0 Å². The zero-order valence-electron chi connectivity index (χ0n) is 17.2. The molecule has 0 heterocycles. The maximum absolute atomic E-state index is 11.7. The topological polar surface area (TPSA) is 105 Å². The molecule has 160 valence electrons. The van der Waals surface area contributed by atoms with Crippen LogP contribution < -0.4 is 0 Å². The van der Waals surface area contributed by atoms with Crippen molar-refractivity contribution in [1.82, 2.24) is 0 Å². The van der Waals surface area contributed by atoms with E-state index in [-0.39, 0.29) is 26.4 Å². The van der Waals surface area contributed by atoms with E-state index in [1.807, 2.05) is 0 Å². The van der Waals surface area contributed by atoms with Gasteiger partial charge in [0.05, 0.1) is 0 Å². The summed E-state index contributed by atoms with van der Waals surface area (Å²) in [4.78, 5) is 47.0. The lowest BCUT2D eigenvalue weighted by molar-refractivity contribution is -0.164. The highest BCUT2D eigenvalue weighted by molar-refractivity contribution is 5.83. The Hall–Kier alpha value is -3.16. The summed E-state index contributed by atoms with van der Waals surface area (Å²) in [5.74, 6) is -2.57. The SMILES string of the molecule is CC=CC(=O)OCC(COC(=O)C=CC)(COC(=O)C=CC)COC(=O)C=CC. The first-order chi connectivity index (χ1) is 13.8. The standard InChI is InChI=1S/C21H28O8/c1-5-9-17(22)26-13-21(14-27-18(23)10-6-2,15-28-19(24)11-7-3)16-29-20(25)12-8-4/h5-12H,13-16H2,1-4H3. The van der Waals surface area contributed by atoms with Gasteiger partial charge in [0, 0.05) is 24.3 Å². The summed E-state index contributed by atoms with van der Waals surface area (Å²) in [7, 11) is 0. The Morgan fingerprint density at radius 3 is 0.897 bits per heavy atom. The van der Waals surface area contributed by atoms with Crippen molar-refractivity contribution in [3.05, 3.63) is 48.6 Å². The zero-order chi connectivity index (χ0) is 22.1. The molecule has 0 saturated heterocycles. The molecule has 0 fully saturated rings. The largest absolute Gasteiger partial charge is 0.462 e. The summed E-state index contributed by atoms with van der Waals surface area (Å²) in [6.07, 6.45) is 10.8. The van der Waals surface area contributed by atoms with Crippen molar-refractivity contribution in [2.75, 3.05) is 26.4 Å². The van der Waals surface area contributed by atoms with Crippen molar-refractivity contribution >= 4 is 23.9 Å². The Kier molecular flexibility index (Phi) is 13.2. The molecule has 0 bridgehead atoms. The molecule has 0 aliphatic carbocycles. The first kappa shape index (κ1) is 25.8. The van der Waals surface area contributed by atoms with Crippen LogP contribution in [0.1, 0.15) is 27.7 Å². The molecule has 0 rings (SSSR count). The third kappa shape index (κ3) is 12.0. The predicted molar refractivity (Wildman–Crippen MR) is 106 cm³/mol. The smallest absolute Gasteiger partial charge is 0.330 e. The van der Waals surface area contributed by atoms with Gasteiger partial charge in [-0.3, -0.25) is 0 Å². The highest BCUT2D eigenvalue weighted by Gasteiger charge is 2.37. The van der Waals surface area contributed by atoms with Crippen LogP contribution in [-0.2, 0) is 38.1 Å².